The molecule has 3 aliphatic rings. The molecule has 146 valence electrons. The highest BCUT2D eigenvalue weighted by molar-refractivity contribution is 6.36. The number of benzene rings is 1. The number of hydrogen-bond acceptors (Lipinski definition) is 4. The van der Waals surface area contributed by atoms with E-state index in [9.17, 15) is 27.6 Å². The standard InChI is InChI=1S/C19H11F3N4O3/c20-13-5-11(6-14(21)17(13)22)26-7-9(3-16(26)27)18(28)25-10-1-2-15-12(4-10)19(29)24-8-23-15/h1-2,4-6,8-9H,3,7H2. The van der Waals surface area contributed by atoms with Crippen molar-refractivity contribution in [2.24, 2.45) is 20.9 Å². The average Bonchev–Trinajstić information content (AvgIpc) is 3.08. The van der Waals surface area contributed by atoms with Gasteiger partial charge in [-0.1, -0.05) is 0 Å². The Morgan fingerprint density at radius 1 is 1.14 bits per heavy atom. The van der Waals surface area contributed by atoms with Crippen molar-refractivity contribution in [3.63, 3.8) is 0 Å². The first-order valence-electron chi connectivity index (χ1n) is 8.46. The highest BCUT2D eigenvalue weighted by Gasteiger charge is 2.36. The first-order valence-corrected chi connectivity index (χ1v) is 8.46. The zero-order valence-electron chi connectivity index (χ0n) is 14.6. The van der Waals surface area contributed by atoms with Crippen LogP contribution >= 0.6 is 0 Å². The number of halogens is 3. The topological polar surface area (TPSA) is 91.5 Å². The SMILES string of the molecule is O=C1N=CN=C2C=CC(=NC(=O)C3CC(=O)N(c4cc(F)c(F)c(F)c4)C3)C=C12. The van der Waals surface area contributed by atoms with Gasteiger partial charge in [-0.2, -0.15) is 4.99 Å². The largest absolute Gasteiger partial charge is 0.311 e. The molecule has 0 N–H and O–H groups in total. The minimum absolute atomic E-state index is 0.158. The molecule has 0 saturated carbocycles. The maximum absolute atomic E-state index is 13.4. The van der Waals surface area contributed by atoms with Gasteiger partial charge in [0, 0.05) is 30.8 Å². The summed E-state index contributed by atoms with van der Waals surface area (Å²) >= 11 is 0. The van der Waals surface area contributed by atoms with Gasteiger partial charge in [0.15, 0.2) is 17.5 Å². The summed E-state index contributed by atoms with van der Waals surface area (Å²) in [6.07, 6.45) is 5.29. The van der Waals surface area contributed by atoms with E-state index in [1.54, 1.807) is 0 Å². The summed E-state index contributed by atoms with van der Waals surface area (Å²) in [7, 11) is 0. The van der Waals surface area contributed by atoms with E-state index < -0.39 is 41.1 Å². The van der Waals surface area contributed by atoms with Crippen LogP contribution in [0.2, 0.25) is 0 Å². The first-order chi connectivity index (χ1) is 13.8. The maximum Gasteiger partial charge on any atom is 0.280 e. The molecule has 0 aromatic heterocycles. The van der Waals surface area contributed by atoms with Crippen molar-refractivity contribution in [1.82, 2.24) is 0 Å². The van der Waals surface area contributed by atoms with Crippen LogP contribution in [0.5, 0.6) is 0 Å². The summed E-state index contributed by atoms with van der Waals surface area (Å²) in [5, 5.41) is 0. The van der Waals surface area contributed by atoms with Crippen molar-refractivity contribution in [3.8, 4) is 0 Å². The summed E-state index contributed by atoms with van der Waals surface area (Å²) in [6.45, 7) is -0.158. The minimum Gasteiger partial charge on any atom is -0.311 e. The Bertz CT molecular complexity index is 1090. The molecule has 0 radical (unpaired) electrons. The molecule has 1 aromatic rings. The lowest BCUT2D eigenvalue weighted by atomic mass is 10.0. The predicted molar refractivity (Wildman–Crippen MR) is 97.4 cm³/mol. The highest BCUT2D eigenvalue weighted by atomic mass is 19.2. The summed E-state index contributed by atoms with van der Waals surface area (Å²) in [4.78, 5) is 48.9. The number of allylic oxidation sites excluding steroid dienone is 3. The van der Waals surface area contributed by atoms with Crippen LogP contribution in [-0.2, 0) is 14.4 Å². The van der Waals surface area contributed by atoms with Gasteiger partial charge < -0.3 is 4.90 Å². The molecule has 4 rings (SSSR count). The second-order valence-corrected chi connectivity index (χ2v) is 6.46. The van der Waals surface area contributed by atoms with E-state index in [2.05, 4.69) is 15.0 Å². The Morgan fingerprint density at radius 3 is 2.59 bits per heavy atom. The molecule has 0 bridgehead atoms. The fourth-order valence-electron chi connectivity index (χ4n) is 3.13. The Balaban J connectivity index is 1.53. The number of carbonyl (C=O) groups is 3. The predicted octanol–water partition coefficient (Wildman–Crippen LogP) is 1.93. The fraction of sp³-hybridized carbons (Fsp3) is 0.158. The summed E-state index contributed by atoms with van der Waals surface area (Å²) in [6, 6.07) is 1.39. The molecule has 1 saturated heterocycles. The van der Waals surface area contributed by atoms with Crippen molar-refractivity contribution in [1.29, 1.82) is 0 Å². The van der Waals surface area contributed by atoms with Crippen LogP contribution in [0.15, 0.2) is 50.9 Å². The quantitative estimate of drug-likeness (QED) is 0.561. The number of hydrogen-bond donors (Lipinski definition) is 0. The first kappa shape index (κ1) is 18.7. The lowest BCUT2D eigenvalue weighted by molar-refractivity contribution is -0.123. The van der Waals surface area contributed by atoms with E-state index in [-0.39, 0.29) is 29.9 Å². The number of anilines is 1. The number of carbonyl (C=O) groups excluding carboxylic acids is 3. The van der Waals surface area contributed by atoms with E-state index in [1.165, 1.54) is 18.2 Å². The van der Waals surface area contributed by atoms with E-state index in [0.29, 0.717) is 17.8 Å². The number of rotatable bonds is 2. The summed E-state index contributed by atoms with van der Waals surface area (Å²) in [5.74, 6) is -7.04. The van der Waals surface area contributed by atoms with E-state index in [4.69, 9.17) is 0 Å². The van der Waals surface area contributed by atoms with Crippen LogP contribution in [-0.4, -0.2) is 42.0 Å². The number of amides is 3. The van der Waals surface area contributed by atoms with Crippen LogP contribution in [0.1, 0.15) is 6.42 Å². The monoisotopic (exact) mass is 400 g/mol. The zero-order valence-corrected chi connectivity index (χ0v) is 14.6. The number of nitrogens with zero attached hydrogens (tertiary/aromatic N) is 4. The molecule has 7 nitrogen and oxygen atoms in total. The molecule has 1 aliphatic carbocycles. The van der Waals surface area contributed by atoms with E-state index in [0.717, 1.165) is 11.2 Å². The van der Waals surface area contributed by atoms with Crippen molar-refractivity contribution >= 4 is 41.2 Å². The van der Waals surface area contributed by atoms with Crippen molar-refractivity contribution in [2.75, 3.05) is 11.4 Å². The van der Waals surface area contributed by atoms with Gasteiger partial charge in [0.2, 0.25) is 5.91 Å². The van der Waals surface area contributed by atoms with Crippen LogP contribution in [0.3, 0.4) is 0 Å². The fourth-order valence-corrected chi connectivity index (χ4v) is 3.13. The molecule has 1 fully saturated rings. The van der Waals surface area contributed by atoms with Gasteiger partial charge in [-0.15, -0.1) is 0 Å². The van der Waals surface area contributed by atoms with Crippen LogP contribution < -0.4 is 4.90 Å². The Morgan fingerprint density at radius 2 is 1.86 bits per heavy atom. The van der Waals surface area contributed by atoms with Crippen LogP contribution in [0, 0.1) is 23.4 Å². The second-order valence-electron chi connectivity index (χ2n) is 6.46. The average molecular weight is 400 g/mol. The van der Waals surface area contributed by atoms with Crippen molar-refractivity contribution in [3.05, 3.63) is 53.4 Å². The minimum atomic E-state index is -1.64. The Hall–Kier alpha value is -3.69. The molecule has 3 amide bonds. The van der Waals surface area contributed by atoms with Gasteiger partial charge in [0.1, 0.15) is 6.34 Å². The molecular formula is C19H11F3N4O3. The van der Waals surface area contributed by atoms with Gasteiger partial charge in [0.25, 0.3) is 11.8 Å². The normalized spacial score (nSPS) is 22.1. The number of aliphatic imine (C=N–C) groups is 3. The van der Waals surface area contributed by atoms with Gasteiger partial charge >= 0.3 is 0 Å². The van der Waals surface area contributed by atoms with Gasteiger partial charge in [-0.05, 0) is 18.2 Å². The molecule has 2 heterocycles. The van der Waals surface area contributed by atoms with Crippen LogP contribution in [0.4, 0.5) is 18.9 Å². The molecule has 10 heteroatoms. The third kappa shape index (κ3) is 3.44. The maximum atomic E-state index is 13.4. The third-order valence-electron chi connectivity index (χ3n) is 4.58. The van der Waals surface area contributed by atoms with Crippen molar-refractivity contribution in [2.45, 2.75) is 6.42 Å². The third-order valence-corrected chi connectivity index (χ3v) is 4.58. The molecule has 2 aliphatic heterocycles. The van der Waals surface area contributed by atoms with Crippen LogP contribution in [0.25, 0.3) is 0 Å². The molecule has 0 spiro atoms. The van der Waals surface area contributed by atoms with E-state index >= 15 is 0 Å². The van der Waals surface area contributed by atoms with E-state index in [1.807, 2.05) is 0 Å². The lowest BCUT2D eigenvalue weighted by Crippen LogP contribution is -2.26. The number of fused-ring (bicyclic) bond motifs is 1. The highest BCUT2D eigenvalue weighted by Crippen LogP contribution is 2.28. The summed E-state index contributed by atoms with van der Waals surface area (Å²) < 4.78 is 40.0. The second kappa shape index (κ2) is 7.04. The molecular weight excluding hydrogens is 389 g/mol. The van der Waals surface area contributed by atoms with Gasteiger partial charge in [-0.3, -0.25) is 14.4 Å². The zero-order chi connectivity index (χ0) is 20.7. The van der Waals surface area contributed by atoms with Gasteiger partial charge in [-0.25, -0.2) is 23.2 Å². The lowest BCUT2D eigenvalue weighted by Gasteiger charge is -2.16. The molecule has 1 aromatic carbocycles. The van der Waals surface area contributed by atoms with Crippen molar-refractivity contribution < 1.29 is 27.6 Å². The Kier molecular flexibility index (Phi) is 4.53. The molecule has 1 atom stereocenters. The van der Waals surface area contributed by atoms with Gasteiger partial charge in [0.05, 0.1) is 22.9 Å². The molecule has 29 heavy (non-hydrogen) atoms. The Labute approximate surface area is 161 Å². The summed E-state index contributed by atoms with van der Waals surface area (Å²) in [5.41, 5.74) is 0.613. The molecule has 1 unspecified atom stereocenters. The smallest absolute Gasteiger partial charge is 0.280 e.